The lowest BCUT2D eigenvalue weighted by Gasteiger charge is -1.96. The molecule has 0 fully saturated rings. The van der Waals surface area contributed by atoms with E-state index in [9.17, 15) is 0 Å². The van der Waals surface area contributed by atoms with Gasteiger partial charge in [0.2, 0.25) is 0 Å². The lowest BCUT2D eigenvalue weighted by Crippen LogP contribution is -1.80. The molecule has 4 rings (SSSR count). The molecule has 0 spiro atoms. The summed E-state index contributed by atoms with van der Waals surface area (Å²) in [6.07, 6.45) is 5.87. The maximum absolute atomic E-state index is 6.18. The molecule has 7 heteroatoms. The zero-order valence-electron chi connectivity index (χ0n) is 11.5. The van der Waals surface area contributed by atoms with Crippen molar-refractivity contribution >= 4 is 61.6 Å². The minimum absolute atomic E-state index is 0.505. The predicted molar refractivity (Wildman–Crippen MR) is 93.2 cm³/mol. The molecule has 4 nitrogen and oxygen atoms in total. The minimum Gasteiger partial charge on any atom is -0.497 e. The number of nitrogens with zero attached hydrogens (tertiary/aromatic N) is 3. The van der Waals surface area contributed by atoms with Crippen molar-refractivity contribution in [3.63, 3.8) is 0 Å². The zero-order chi connectivity index (χ0) is 15.1. The second-order valence-corrected chi connectivity index (χ2v) is 6.86. The molecule has 4 aromatic rings. The first-order valence-electron chi connectivity index (χ1n) is 6.48. The van der Waals surface area contributed by atoms with Gasteiger partial charge in [-0.15, -0.1) is 22.7 Å². The Morgan fingerprint density at radius 1 is 1.27 bits per heavy atom. The molecule has 0 N–H and O–H groups in total. The molecule has 0 radical (unpaired) electrons. The highest BCUT2D eigenvalue weighted by Crippen LogP contribution is 2.28. The normalized spacial score (nSPS) is 11.9. The van der Waals surface area contributed by atoms with Crippen molar-refractivity contribution in [2.75, 3.05) is 7.11 Å². The Morgan fingerprint density at radius 2 is 2.18 bits per heavy atom. The average molecular weight is 348 g/mol. The number of hydrogen-bond acceptors (Lipinski definition) is 5. The van der Waals surface area contributed by atoms with Gasteiger partial charge >= 0.3 is 0 Å². The van der Waals surface area contributed by atoms with Crippen LogP contribution in [0, 0.1) is 0 Å². The Morgan fingerprint density at radius 3 is 3.05 bits per heavy atom. The van der Waals surface area contributed by atoms with Gasteiger partial charge in [0.05, 0.1) is 23.0 Å². The van der Waals surface area contributed by atoms with Crippen LogP contribution in [0.1, 0.15) is 10.7 Å². The largest absolute Gasteiger partial charge is 0.497 e. The van der Waals surface area contributed by atoms with Crippen LogP contribution in [0.5, 0.6) is 5.75 Å². The monoisotopic (exact) mass is 347 g/mol. The van der Waals surface area contributed by atoms with Gasteiger partial charge in [-0.2, -0.15) is 0 Å². The molecular weight excluding hydrogens is 338 g/mol. The van der Waals surface area contributed by atoms with Crippen molar-refractivity contribution in [1.29, 1.82) is 0 Å². The van der Waals surface area contributed by atoms with Gasteiger partial charge in [-0.25, -0.2) is 9.97 Å². The summed E-state index contributed by atoms with van der Waals surface area (Å²) in [5, 5.41) is 3.41. The van der Waals surface area contributed by atoms with E-state index in [1.807, 2.05) is 46.3 Å². The fourth-order valence-corrected chi connectivity index (χ4v) is 4.10. The lowest BCUT2D eigenvalue weighted by atomic mass is 10.3. The van der Waals surface area contributed by atoms with Crippen LogP contribution in [0.15, 0.2) is 29.8 Å². The second kappa shape index (κ2) is 5.39. The lowest BCUT2D eigenvalue weighted by molar-refractivity contribution is 0.415. The van der Waals surface area contributed by atoms with E-state index in [4.69, 9.17) is 16.3 Å². The highest BCUT2D eigenvalue weighted by molar-refractivity contribution is 7.19. The van der Waals surface area contributed by atoms with Gasteiger partial charge in [-0.3, -0.25) is 4.40 Å². The van der Waals surface area contributed by atoms with Gasteiger partial charge in [0, 0.05) is 11.6 Å². The molecule has 0 saturated carbocycles. The number of imidazole rings is 1. The van der Waals surface area contributed by atoms with Crippen LogP contribution in [-0.2, 0) is 0 Å². The molecule has 0 saturated heterocycles. The van der Waals surface area contributed by atoms with E-state index in [-0.39, 0.29) is 0 Å². The average Bonchev–Trinajstić information content (AvgIpc) is 3.18. The smallest absolute Gasteiger partial charge is 0.195 e. The maximum Gasteiger partial charge on any atom is 0.195 e. The quantitative estimate of drug-likeness (QED) is 0.532. The van der Waals surface area contributed by atoms with E-state index in [0.29, 0.717) is 5.15 Å². The summed E-state index contributed by atoms with van der Waals surface area (Å²) >= 11 is 9.36. The van der Waals surface area contributed by atoms with Crippen molar-refractivity contribution in [3.8, 4) is 5.75 Å². The van der Waals surface area contributed by atoms with Crippen molar-refractivity contribution < 1.29 is 4.74 Å². The number of methoxy groups -OCH3 is 1. The maximum atomic E-state index is 6.18. The highest BCUT2D eigenvalue weighted by Gasteiger charge is 2.09. The molecule has 1 aromatic carbocycles. The summed E-state index contributed by atoms with van der Waals surface area (Å²) in [5.74, 6) is 0.838. The summed E-state index contributed by atoms with van der Waals surface area (Å²) < 4.78 is 8.31. The van der Waals surface area contributed by atoms with Gasteiger partial charge < -0.3 is 4.74 Å². The third-order valence-electron chi connectivity index (χ3n) is 3.25. The van der Waals surface area contributed by atoms with Crippen LogP contribution in [-0.4, -0.2) is 21.5 Å². The Kier molecular flexibility index (Phi) is 3.37. The fourth-order valence-electron chi connectivity index (χ4n) is 2.20. The number of benzene rings is 1. The van der Waals surface area contributed by atoms with E-state index >= 15 is 0 Å². The fraction of sp³-hybridized carbons (Fsp3) is 0.0667. The minimum atomic E-state index is 0.505. The molecule has 110 valence electrons. The predicted octanol–water partition coefficient (Wildman–Crippen LogP) is 4.84. The van der Waals surface area contributed by atoms with Gasteiger partial charge in [-0.05, 0) is 30.4 Å². The summed E-state index contributed by atoms with van der Waals surface area (Å²) in [6.45, 7) is 0. The van der Waals surface area contributed by atoms with Crippen molar-refractivity contribution in [1.82, 2.24) is 14.4 Å². The van der Waals surface area contributed by atoms with Crippen LogP contribution in [0.2, 0.25) is 5.15 Å². The number of thiazole rings is 2. The number of rotatable bonds is 3. The topological polar surface area (TPSA) is 39.4 Å². The molecule has 0 aliphatic rings. The van der Waals surface area contributed by atoms with E-state index in [0.717, 1.165) is 31.6 Å². The molecule has 0 aliphatic carbocycles. The Bertz CT molecular complexity index is 999. The van der Waals surface area contributed by atoms with Gasteiger partial charge in [0.25, 0.3) is 0 Å². The SMILES string of the molecule is COc1ccc2nc(/C=C/c3c(Cl)nc4sccn34)sc2c1. The standard InChI is InChI=1S/C15H10ClN3OS2/c1-20-9-2-3-10-12(8-9)22-13(17-10)5-4-11-14(16)18-15-19(11)6-7-21-15/h2-8H,1H3/b5-4+. The molecular formula is C15H10ClN3OS2. The molecule has 0 unspecified atom stereocenters. The molecule has 22 heavy (non-hydrogen) atoms. The molecule has 0 amide bonds. The first-order chi connectivity index (χ1) is 10.7. The van der Waals surface area contributed by atoms with Crippen LogP contribution < -0.4 is 4.74 Å². The first-order valence-corrected chi connectivity index (χ1v) is 8.56. The van der Waals surface area contributed by atoms with Crippen LogP contribution >= 0.6 is 34.3 Å². The summed E-state index contributed by atoms with van der Waals surface area (Å²) in [7, 11) is 1.66. The number of halogens is 1. The van der Waals surface area contributed by atoms with Crippen molar-refractivity contribution in [2.24, 2.45) is 0 Å². The molecule has 0 aliphatic heterocycles. The Labute approximate surface area is 139 Å². The number of aromatic nitrogens is 3. The van der Waals surface area contributed by atoms with Crippen molar-refractivity contribution in [3.05, 3.63) is 45.6 Å². The van der Waals surface area contributed by atoms with E-state index in [2.05, 4.69) is 9.97 Å². The van der Waals surface area contributed by atoms with E-state index in [1.54, 1.807) is 29.8 Å². The van der Waals surface area contributed by atoms with Gasteiger partial charge in [0.1, 0.15) is 10.8 Å². The zero-order valence-corrected chi connectivity index (χ0v) is 13.9. The molecule has 0 atom stereocenters. The van der Waals surface area contributed by atoms with Gasteiger partial charge in [0.15, 0.2) is 10.1 Å². The molecule has 0 bridgehead atoms. The van der Waals surface area contributed by atoms with E-state index < -0.39 is 0 Å². The van der Waals surface area contributed by atoms with Gasteiger partial charge in [-0.1, -0.05) is 11.6 Å². The van der Waals surface area contributed by atoms with Crippen LogP contribution in [0.25, 0.3) is 27.3 Å². The van der Waals surface area contributed by atoms with Crippen molar-refractivity contribution in [2.45, 2.75) is 0 Å². The Balaban J connectivity index is 1.73. The third kappa shape index (κ3) is 2.29. The highest BCUT2D eigenvalue weighted by atomic mass is 35.5. The summed E-state index contributed by atoms with van der Waals surface area (Å²) in [4.78, 5) is 9.79. The Hall–Kier alpha value is -1.89. The van der Waals surface area contributed by atoms with Crippen LogP contribution in [0.4, 0.5) is 0 Å². The number of hydrogen-bond donors (Lipinski definition) is 0. The number of ether oxygens (including phenoxy) is 1. The second-order valence-electron chi connectivity index (χ2n) is 4.56. The van der Waals surface area contributed by atoms with Crippen LogP contribution in [0.3, 0.4) is 0 Å². The third-order valence-corrected chi connectivity index (χ3v) is 5.27. The first kappa shape index (κ1) is 13.8. The summed E-state index contributed by atoms with van der Waals surface area (Å²) in [6, 6.07) is 5.87. The molecule has 3 heterocycles. The summed E-state index contributed by atoms with van der Waals surface area (Å²) in [5.41, 5.74) is 1.83. The number of fused-ring (bicyclic) bond motifs is 2. The van der Waals surface area contributed by atoms with E-state index in [1.165, 1.54) is 0 Å². The molecule has 3 aromatic heterocycles.